The van der Waals surface area contributed by atoms with Gasteiger partial charge in [0, 0.05) is 21.5 Å². The van der Waals surface area contributed by atoms with Gasteiger partial charge in [0.2, 0.25) is 5.78 Å². The molecule has 0 aliphatic heterocycles. The molecule has 1 aromatic heterocycles. The van der Waals surface area contributed by atoms with E-state index in [1.165, 1.54) is 30.3 Å². The van der Waals surface area contributed by atoms with Crippen molar-refractivity contribution >= 4 is 39.9 Å². The van der Waals surface area contributed by atoms with Crippen molar-refractivity contribution in [2.24, 2.45) is 0 Å². The van der Waals surface area contributed by atoms with Crippen molar-refractivity contribution in [3.63, 3.8) is 0 Å². The number of alkyl halides is 6. The van der Waals surface area contributed by atoms with Gasteiger partial charge in [-0.2, -0.15) is 26.3 Å². The summed E-state index contributed by atoms with van der Waals surface area (Å²) >= 11 is 5.99. The van der Waals surface area contributed by atoms with E-state index in [1.54, 1.807) is 18.2 Å². The highest BCUT2D eigenvalue weighted by molar-refractivity contribution is 6.31. The minimum Gasteiger partial charge on any atom is -0.350 e. The van der Waals surface area contributed by atoms with Crippen LogP contribution in [0.15, 0.2) is 66.7 Å². The van der Waals surface area contributed by atoms with Gasteiger partial charge < -0.3 is 10.3 Å². The molecule has 2 N–H and O–H groups in total. The van der Waals surface area contributed by atoms with Crippen LogP contribution in [0.2, 0.25) is 5.02 Å². The van der Waals surface area contributed by atoms with Crippen LogP contribution in [0.4, 0.5) is 32.0 Å². The fraction of sp³-hybridized carbons (Fsp3) is 0.0833. The number of H-pyrrole nitrogens is 1. The van der Waals surface area contributed by atoms with Gasteiger partial charge in [0.25, 0.3) is 5.91 Å². The summed E-state index contributed by atoms with van der Waals surface area (Å²) in [6.45, 7) is 0. The molecule has 35 heavy (non-hydrogen) atoms. The summed E-state index contributed by atoms with van der Waals surface area (Å²) in [6.07, 6.45) is -10.1. The molecule has 0 radical (unpaired) electrons. The highest BCUT2D eigenvalue weighted by Crippen LogP contribution is 2.38. The van der Waals surface area contributed by atoms with Crippen LogP contribution in [0.25, 0.3) is 10.9 Å². The van der Waals surface area contributed by atoms with E-state index in [9.17, 15) is 35.9 Å². The molecule has 4 aromatic rings. The van der Waals surface area contributed by atoms with Crippen LogP contribution in [0.1, 0.15) is 37.5 Å². The van der Waals surface area contributed by atoms with Gasteiger partial charge in [-0.25, -0.2) is 0 Å². The first kappa shape index (κ1) is 24.3. The second-order valence-electron chi connectivity index (χ2n) is 7.47. The molecule has 0 saturated heterocycles. The van der Waals surface area contributed by atoms with Crippen LogP contribution < -0.4 is 5.32 Å². The first-order chi connectivity index (χ1) is 16.4. The van der Waals surface area contributed by atoms with E-state index in [2.05, 4.69) is 10.3 Å². The molecule has 4 nitrogen and oxygen atoms in total. The Morgan fingerprint density at radius 1 is 0.829 bits per heavy atom. The summed E-state index contributed by atoms with van der Waals surface area (Å²) in [5.41, 5.74) is -4.11. The highest BCUT2D eigenvalue weighted by atomic mass is 35.5. The van der Waals surface area contributed by atoms with Crippen molar-refractivity contribution in [3.8, 4) is 0 Å². The van der Waals surface area contributed by atoms with E-state index in [0.717, 1.165) is 0 Å². The second kappa shape index (κ2) is 8.77. The lowest BCUT2D eigenvalue weighted by Gasteiger charge is -2.16. The number of halogens is 7. The molecule has 0 unspecified atom stereocenters. The number of carbonyl (C=O) groups is 2. The molecule has 0 spiro atoms. The van der Waals surface area contributed by atoms with Crippen LogP contribution in [-0.2, 0) is 12.4 Å². The van der Waals surface area contributed by atoms with Crippen LogP contribution in [-0.4, -0.2) is 16.7 Å². The van der Waals surface area contributed by atoms with Crippen molar-refractivity contribution in [3.05, 3.63) is 99.7 Å². The van der Waals surface area contributed by atoms with Crippen LogP contribution in [0.5, 0.6) is 0 Å². The predicted molar refractivity (Wildman–Crippen MR) is 118 cm³/mol. The Hall–Kier alpha value is -3.79. The molecule has 0 aliphatic rings. The average molecular weight is 511 g/mol. The zero-order valence-electron chi connectivity index (χ0n) is 17.3. The molecule has 1 amide bonds. The summed E-state index contributed by atoms with van der Waals surface area (Å²) in [6, 6.07) is 12.7. The van der Waals surface area contributed by atoms with E-state index < -0.39 is 40.7 Å². The van der Waals surface area contributed by atoms with E-state index >= 15 is 0 Å². The number of rotatable bonds is 4. The van der Waals surface area contributed by atoms with Gasteiger partial charge in [0.1, 0.15) is 5.69 Å². The third-order valence-electron chi connectivity index (χ3n) is 5.16. The Bertz CT molecular complexity index is 1440. The first-order valence-corrected chi connectivity index (χ1v) is 10.2. The maximum absolute atomic E-state index is 13.5. The Morgan fingerprint density at radius 2 is 1.51 bits per heavy atom. The van der Waals surface area contributed by atoms with Crippen molar-refractivity contribution in [1.29, 1.82) is 0 Å². The number of aromatic nitrogens is 1. The molecule has 1 heterocycles. The van der Waals surface area contributed by atoms with Gasteiger partial charge in [0.15, 0.2) is 0 Å². The van der Waals surface area contributed by atoms with Crippen LogP contribution in [0, 0.1) is 0 Å². The lowest BCUT2D eigenvalue weighted by molar-refractivity contribution is -0.141. The van der Waals surface area contributed by atoms with Crippen molar-refractivity contribution < 1.29 is 35.9 Å². The second-order valence-corrected chi connectivity index (χ2v) is 7.91. The molecule has 0 bridgehead atoms. The molecule has 0 aliphatic carbocycles. The van der Waals surface area contributed by atoms with Gasteiger partial charge in [-0.15, -0.1) is 0 Å². The van der Waals surface area contributed by atoms with Crippen molar-refractivity contribution in [2.45, 2.75) is 12.4 Å². The van der Waals surface area contributed by atoms with Crippen LogP contribution in [0.3, 0.4) is 0 Å². The Labute approximate surface area is 198 Å². The molecule has 3 aromatic carbocycles. The summed E-state index contributed by atoms with van der Waals surface area (Å²) in [5.74, 6) is -2.07. The van der Waals surface area contributed by atoms with E-state index in [0.29, 0.717) is 0 Å². The minimum atomic E-state index is -5.10. The molecule has 11 heteroatoms. The van der Waals surface area contributed by atoms with Gasteiger partial charge in [0.05, 0.1) is 22.4 Å². The van der Waals surface area contributed by atoms with Gasteiger partial charge in [-0.05, 0) is 36.4 Å². The van der Waals surface area contributed by atoms with Gasteiger partial charge >= 0.3 is 12.4 Å². The molecular formula is C24H13ClF6N2O2. The van der Waals surface area contributed by atoms with Crippen molar-refractivity contribution in [2.75, 3.05) is 5.32 Å². The topological polar surface area (TPSA) is 62.0 Å². The zero-order chi connectivity index (χ0) is 25.5. The number of aromatic amines is 1. The molecular weight excluding hydrogens is 498 g/mol. The maximum atomic E-state index is 13.5. The molecule has 0 atom stereocenters. The lowest BCUT2D eigenvalue weighted by atomic mass is 10.0. The van der Waals surface area contributed by atoms with E-state index in [1.807, 2.05) is 0 Å². The SMILES string of the molecule is O=C(Nc1c(C(=O)c2ccccc2)[nH]c2cc(Cl)ccc12)c1cc(C(F)(F)F)ccc1C(F)(F)F. The number of ketones is 1. The summed E-state index contributed by atoms with van der Waals surface area (Å²) < 4.78 is 80.0. The van der Waals surface area contributed by atoms with Crippen molar-refractivity contribution in [1.82, 2.24) is 4.98 Å². The zero-order valence-corrected chi connectivity index (χ0v) is 18.1. The molecule has 180 valence electrons. The minimum absolute atomic E-state index is 0.128. The smallest absolute Gasteiger partial charge is 0.350 e. The molecule has 0 saturated carbocycles. The standard InChI is InChI=1S/C24H13ClF6N2O2/c25-14-7-8-15-18(11-14)32-20(21(34)12-4-2-1-3-5-12)19(15)33-22(35)16-10-13(23(26,27)28)6-9-17(16)24(29,30)31/h1-11,32H,(H,33,35). The monoisotopic (exact) mass is 510 g/mol. The van der Waals surface area contributed by atoms with Crippen LogP contribution >= 0.6 is 11.6 Å². The third-order valence-corrected chi connectivity index (χ3v) is 5.39. The Kier molecular flexibility index (Phi) is 6.10. The third kappa shape index (κ3) is 4.88. The summed E-state index contributed by atoms with van der Waals surface area (Å²) in [5, 5.41) is 2.71. The number of amides is 1. The molecule has 0 fully saturated rings. The number of hydrogen-bond donors (Lipinski definition) is 2. The number of hydrogen-bond acceptors (Lipinski definition) is 2. The van der Waals surface area contributed by atoms with E-state index in [-0.39, 0.29) is 51.1 Å². The first-order valence-electron chi connectivity index (χ1n) is 9.87. The number of fused-ring (bicyclic) bond motifs is 1. The number of nitrogens with one attached hydrogen (secondary N) is 2. The number of benzene rings is 3. The quantitative estimate of drug-likeness (QED) is 0.223. The largest absolute Gasteiger partial charge is 0.417 e. The van der Waals surface area contributed by atoms with Gasteiger partial charge in [-0.1, -0.05) is 41.9 Å². The normalized spacial score (nSPS) is 12.1. The fourth-order valence-corrected chi connectivity index (χ4v) is 3.71. The van der Waals surface area contributed by atoms with E-state index in [4.69, 9.17) is 11.6 Å². The predicted octanol–water partition coefficient (Wildman–Crippen LogP) is 7.34. The number of carbonyl (C=O) groups excluding carboxylic acids is 2. The number of anilines is 1. The lowest BCUT2D eigenvalue weighted by Crippen LogP contribution is -2.21. The Morgan fingerprint density at radius 3 is 2.14 bits per heavy atom. The molecule has 4 rings (SSSR count). The maximum Gasteiger partial charge on any atom is 0.417 e. The summed E-state index contributed by atoms with van der Waals surface area (Å²) in [7, 11) is 0. The summed E-state index contributed by atoms with van der Waals surface area (Å²) in [4.78, 5) is 28.8. The fourth-order valence-electron chi connectivity index (χ4n) is 3.54. The average Bonchev–Trinajstić information content (AvgIpc) is 3.14. The Balaban J connectivity index is 1.86. The highest BCUT2D eigenvalue weighted by Gasteiger charge is 2.39. The van der Waals surface area contributed by atoms with Gasteiger partial charge in [-0.3, -0.25) is 9.59 Å².